The molecule has 0 aromatic rings. The highest BCUT2D eigenvalue weighted by Gasteiger charge is 2.39. The Hall–Kier alpha value is -0.200. The van der Waals surface area contributed by atoms with Gasteiger partial charge < -0.3 is 24.4 Å². The minimum atomic E-state index is -1.49. The maximum atomic E-state index is 9.33. The van der Waals surface area contributed by atoms with Crippen molar-refractivity contribution in [2.45, 2.75) is 18.5 Å². The van der Waals surface area contributed by atoms with Crippen LogP contribution >= 0.6 is 0 Å². The predicted molar refractivity (Wildman–Crippen MR) is 39.4 cm³/mol. The highest BCUT2D eigenvalue weighted by atomic mass is 16.8. The van der Waals surface area contributed by atoms with Gasteiger partial charge in [0, 0.05) is 7.11 Å². The molecule has 1 fully saturated rings. The van der Waals surface area contributed by atoms with Gasteiger partial charge in [-0.25, -0.2) is 0 Å². The van der Waals surface area contributed by atoms with Crippen LogP contribution in [0.5, 0.6) is 0 Å². The second kappa shape index (κ2) is 4.15. The maximum absolute atomic E-state index is 9.33. The van der Waals surface area contributed by atoms with Crippen LogP contribution in [0.15, 0.2) is 0 Å². The Labute approximate surface area is 70.9 Å². The van der Waals surface area contributed by atoms with Gasteiger partial charge in [0.1, 0.15) is 6.10 Å². The van der Waals surface area contributed by atoms with E-state index >= 15 is 0 Å². The molecule has 1 rings (SSSR count). The molecule has 0 bridgehead atoms. The average Bonchev–Trinajstić information content (AvgIpc) is 2.01. The molecule has 5 nitrogen and oxygen atoms in total. The van der Waals surface area contributed by atoms with E-state index in [9.17, 15) is 5.11 Å². The number of ether oxygens (including phenoxy) is 3. The van der Waals surface area contributed by atoms with E-state index in [1.54, 1.807) is 0 Å². The van der Waals surface area contributed by atoms with Crippen molar-refractivity contribution in [3.05, 3.63) is 0 Å². The van der Waals surface area contributed by atoms with Gasteiger partial charge in [-0.15, -0.1) is 0 Å². The minimum absolute atomic E-state index is 0.195. The molecular weight excluding hydrogens is 164 g/mol. The van der Waals surface area contributed by atoms with Gasteiger partial charge in [0.2, 0.25) is 0 Å². The lowest BCUT2D eigenvalue weighted by molar-refractivity contribution is -0.433. The van der Waals surface area contributed by atoms with Crippen LogP contribution in [0.3, 0.4) is 0 Å². The van der Waals surface area contributed by atoms with Crippen LogP contribution in [0.25, 0.3) is 0 Å². The summed E-state index contributed by atoms with van der Waals surface area (Å²) in [7, 11) is 1.50. The molecule has 2 N–H and O–H groups in total. The third-order valence-electron chi connectivity index (χ3n) is 1.65. The van der Waals surface area contributed by atoms with E-state index in [2.05, 4.69) is 0 Å². The fraction of sp³-hybridized carbons (Fsp3) is 1.00. The highest BCUT2D eigenvalue weighted by Crippen LogP contribution is 2.25. The van der Waals surface area contributed by atoms with Crippen LogP contribution in [0.1, 0.15) is 6.42 Å². The van der Waals surface area contributed by atoms with Crippen molar-refractivity contribution in [2.24, 2.45) is 0 Å². The first kappa shape index (κ1) is 9.88. The Morgan fingerprint density at radius 1 is 1.67 bits per heavy atom. The smallest absolute Gasteiger partial charge is 0.283 e. The third-order valence-corrected chi connectivity index (χ3v) is 1.65. The second-order valence-electron chi connectivity index (χ2n) is 2.69. The average molecular weight is 178 g/mol. The zero-order valence-corrected chi connectivity index (χ0v) is 7.02. The quantitative estimate of drug-likeness (QED) is 0.533. The predicted octanol–water partition coefficient (Wildman–Crippen LogP) is -0.923. The number of hydrogen-bond acceptors (Lipinski definition) is 5. The van der Waals surface area contributed by atoms with Crippen molar-refractivity contribution in [1.82, 2.24) is 0 Å². The molecule has 2 unspecified atom stereocenters. The van der Waals surface area contributed by atoms with E-state index in [0.717, 1.165) is 0 Å². The van der Waals surface area contributed by atoms with E-state index in [1.807, 2.05) is 0 Å². The van der Waals surface area contributed by atoms with Crippen molar-refractivity contribution in [3.8, 4) is 0 Å². The number of methoxy groups -OCH3 is 1. The lowest BCUT2D eigenvalue weighted by Gasteiger charge is -2.37. The first-order valence-electron chi connectivity index (χ1n) is 3.84. The molecule has 0 aromatic heterocycles. The second-order valence-corrected chi connectivity index (χ2v) is 2.69. The van der Waals surface area contributed by atoms with Gasteiger partial charge in [0.05, 0.1) is 26.2 Å². The molecule has 12 heavy (non-hydrogen) atoms. The summed E-state index contributed by atoms with van der Waals surface area (Å²) < 4.78 is 14.5. The molecule has 72 valence electrons. The summed E-state index contributed by atoms with van der Waals surface area (Å²) in [4.78, 5) is 0. The van der Waals surface area contributed by atoms with Gasteiger partial charge in [-0.2, -0.15) is 0 Å². The standard InChI is InChI=1S/C7H14O5/c1-10-5-6(4-8)12-7(9)2-3-11-7/h6,8-9H,2-5H2,1H3. The lowest BCUT2D eigenvalue weighted by Crippen LogP contribution is -2.49. The van der Waals surface area contributed by atoms with Crippen molar-refractivity contribution < 1.29 is 24.4 Å². The fourth-order valence-electron chi connectivity index (χ4n) is 0.940. The monoisotopic (exact) mass is 178 g/mol. The fourth-order valence-corrected chi connectivity index (χ4v) is 0.940. The van der Waals surface area contributed by atoms with Crippen molar-refractivity contribution in [3.63, 3.8) is 0 Å². The number of rotatable bonds is 5. The van der Waals surface area contributed by atoms with Gasteiger partial charge in [-0.3, -0.25) is 0 Å². The summed E-state index contributed by atoms with van der Waals surface area (Å²) in [6.07, 6.45) is -0.0898. The SMILES string of the molecule is COCC(CO)OC1(O)CCO1. The summed E-state index contributed by atoms with van der Waals surface area (Å²) >= 11 is 0. The summed E-state index contributed by atoms with van der Waals surface area (Å²) in [6.45, 7) is 0.531. The number of hydrogen-bond donors (Lipinski definition) is 2. The Kier molecular flexibility index (Phi) is 3.42. The Bertz CT molecular complexity index is 134. The van der Waals surface area contributed by atoms with Crippen LogP contribution in [-0.4, -0.2) is 49.2 Å². The molecular formula is C7H14O5. The summed E-state index contributed by atoms with van der Waals surface area (Å²) in [5.74, 6) is -1.49. The third kappa shape index (κ3) is 2.40. The van der Waals surface area contributed by atoms with E-state index in [-0.39, 0.29) is 13.2 Å². The first-order valence-corrected chi connectivity index (χ1v) is 3.84. The first-order chi connectivity index (χ1) is 5.70. The zero-order valence-electron chi connectivity index (χ0n) is 7.02. The molecule has 0 aliphatic carbocycles. The zero-order chi connectivity index (χ0) is 9.03. The molecule has 2 atom stereocenters. The lowest BCUT2D eigenvalue weighted by atomic mass is 10.3. The highest BCUT2D eigenvalue weighted by molar-refractivity contribution is 4.67. The van der Waals surface area contributed by atoms with Gasteiger partial charge in [-0.1, -0.05) is 0 Å². The van der Waals surface area contributed by atoms with Gasteiger partial charge in [0.25, 0.3) is 5.97 Å². The molecule has 0 spiro atoms. The van der Waals surface area contributed by atoms with Gasteiger partial charge >= 0.3 is 0 Å². The summed E-state index contributed by atoms with van der Waals surface area (Å²) in [6, 6.07) is 0. The molecule has 1 saturated heterocycles. The maximum Gasteiger partial charge on any atom is 0.283 e. The number of aliphatic hydroxyl groups excluding tert-OH is 1. The van der Waals surface area contributed by atoms with Crippen molar-refractivity contribution in [1.29, 1.82) is 0 Å². The van der Waals surface area contributed by atoms with Crippen molar-refractivity contribution >= 4 is 0 Å². The Morgan fingerprint density at radius 2 is 2.33 bits per heavy atom. The van der Waals surface area contributed by atoms with E-state index in [0.29, 0.717) is 13.0 Å². The van der Waals surface area contributed by atoms with Crippen LogP contribution < -0.4 is 0 Å². The van der Waals surface area contributed by atoms with Crippen LogP contribution in [0.2, 0.25) is 0 Å². The van der Waals surface area contributed by atoms with E-state index in [4.69, 9.17) is 19.3 Å². The molecule has 0 aromatic carbocycles. The van der Waals surface area contributed by atoms with Crippen LogP contribution in [-0.2, 0) is 14.2 Å². The molecule has 1 aliphatic rings. The summed E-state index contributed by atoms with van der Waals surface area (Å²) in [5, 5.41) is 18.1. The van der Waals surface area contributed by atoms with E-state index in [1.165, 1.54) is 7.11 Å². The Balaban J connectivity index is 2.25. The molecule has 5 heteroatoms. The molecule has 0 radical (unpaired) electrons. The van der Waals surface area contributed by atoms with Crippen molar-refractivity contribution in [2.75, 3.05) is 26.9 Å². The van der Waals surface area contributed by atoms with Crippen LogP contribution in [0.4, 0.5) is 0 Å². The molecule has 0 saturated carbocycles. The minimum Gasteiger partial charge on any atom is -0.394 e. The largest absolute Gasteiger partial charge is 0.394 e. The topological polar surface area (TPSA) is 68.2 Å². The molecule has 0 amide bonds. The van der Waals surface area contributed by atoms with Crippen LogP contribution in [0, 0.1) is 0 Å². The molecule has 1 aliphatic heterocycles. The van der Waals surface area contributed by atoms with Gasteiger partial charge in [-0.05, 0) is 0 Å². The molecule has 1 heterocycles. The number of aliphatic hydroxyl groups is 2. The van der Waals surface area contributed by atoms with Gasteiger partial charge in [0.15, 0.2) is 0 Å². The van der Waals surface area contributed by atoms with E-state index < -0.39 is 12.1 Å². The summed E-state index contributed by atoms with van der Waals surface area (Å²) in [5.41, 5.74) is 0. The Morgan fingerprint density at radius 3 is 2.67 bits per heavy atom. The normalized spacial score (nSPS) is 31.2.